The van der Waals surface area contributed by atoms with Gasteiger partial charge in [0.2, 0.25) is 5.91 Å². The fourth-order valence-electron chi connectivity index (χ4n) is 2.74. The number of hydrazine groups is 1. The van der Waals surface area contributed by atoms with Crippen LogP contribution in [0.15, 0.2) is 59.5 Å². The van der Waals surface area contributed by atoms with Crippen LogP contribution in [0, 0.1) is 0 Å². The number of amides is 2. The highest BCUT2D eigenvalue weighted by Gasteiger charge is 2.12. The van der Waals surface area contributed by atoms with E-state index in [-0.39, 0.29) is 18.4 Å². The predicted molar refractivity (Wildman–Crippen MR) is 107 cm³/mol. The van der Waals surface area contributed by atoms with Gasteiger partial charge in [0.25, 0.3) is 5.91 Å². The molecule has 0 spiro atoms. The summed E-state index contributed by atoms with van der Waals surface area (Å²) in [6, 6.07) is 17.6. The average molecular weight is 382 g/mol. The topological polar surface area (TPSA) is 76.0 Å². The summed E-state index contributed by atoms with van der Waals surface area (Å²) in [6.45, 7) is 2.12. The number of aryl methyl sites for hydroxylation is 1. The van der Waals surface area contributed by atoms with Crippen LogP contribution >= 0.6 is 11.8 Å². The minimum atomic E-state index is -0.281. The van der Waals surface area contributed by atoms with Crippen molar-refractivity contribution >= 4 is 34.6 Å². The molecule has 2 N–H and O–H groups in total. The van der Waals surface area contributed by atoms with E-state index in [4.69, 9.17) is 0 Å². The maximum Gasteiger partial charge on any atom is 0.258 e. The second-order valence-electron chi connectivity index (χ2n) is 5.96. The van der Waals surface area contributed by atoms with Gasteiger partial charge in [0.15, 0.2) is 0 Å². The molecule has 1 aromatic heterocycles. The number of thioether (sulfide) groups is 1. The molecule has 2 amide bonds. The average Bonchev–Trinajstić information content (AvgIpc) is 3.05. The second kappa shape index (κ2) is 9.23. The molecule has 3 aromatic rings. The predicted octanol–water partition coefficient (Wildman–Crippen LogP) is 2.93. The van der Waals surface area contributed by atoms with Crippen molar-refractivity contribution < 1.29 is 9.59 Å². The van der Waals surface area contributed by atoms with Gasteiger partial charge in [0, 0.05) is 23.5 Å². The van der Waals surface area contributed by atoms with Gasteiger partial charge in [-0.3, -0.25) is 20.4 Å². The smallest absolute Gasteiger partial charge is 0.258 e. The van der Waals surface area contributed by atoms with Crippen LogP contribution in [0.5, 0.6) is 0 Å². The Balaban J connectivity index is 1.48. The number of nitrogens with zero attached hydrogens (tertiary/aromatic N) is 2. The molecule has 6 nitrogen and oxygen atoms in total. The summed E-state index contributed by atoms with van der Waals surface area (Å²) in [5, 5.41) is 0. The Hall–Kier alpha value is -2.80. The standard InChI is InChI=1S/C20H22N4O2S/c1-2-18-21-16-10-6-7-11-17(16)24(18)14-20(26)23-22-19(25)12-13-27-15-8-4-3-5-9-15/h3-11H,2,12-14H2,1H3,(H,22,25)(H,23,26). The normalized spacial score (nSPS) is 10.7. The molecule has 0 unspecified atom stereocenters. The van der Waals surface area contributed by atoms with E-state index in [1.54, 1.807) is 11.8 Å². The molecular weight excluding hydrogens is 360 g/mol. The van der Waals surface area contributed by atoms with E-state index in [2.05, 4.69) is 15.8 Å². The molecule has 0 radical (unpaired) electrons. The first kappa shape index (κ1) is 19.0. The Labute approximate surface area is 162 Å². The number of nitrogens with one attached hydrogen (secondary N) is 2. The molecule has 0 bridgehead atoms. The van der Waals surface area contributed by atoms with E-state index >= 15 is 0 Å². The van der Waals surface area contributed by atoms with Gasteiger partial charge in [-0.05, 0) is 24.3 Å². The highest BCUT2D eigenvalue weighted by molar-refractivity contribution is 7.99. The summed E-state index contributed by atoms with van der Waals surface area (Å²) >= 11 is 1.61. The largest absolute Gasteiger partial charge is 0.318 e. The molecule has 0 atom stereocenters. The van der Waals surface area contributed by atoms with Crippen molar-refractivity contribution in [1.29, 1.82) is 0 Å². The molecule has 27 heavy (non-hydrogen) atoms. The monoisotopic (exact) mass is 382 g/mol. The van der Waals surface area contributed by atoms with Gasteiger partial charge in [-0.1, -0.05) is 37.3 Å². The maximum atomic E-state index is 12.2. The summed E-state index contributed by atoms with van der Waals surface area (Å²) in [7, 11) is 0. The molecular formula is C20H22N4O2S. The minimum Gasteiger partial charge on any atom is -0.318 e. The van der Waals surface area contributed by atoms with Crippen molar-refractivity contribution in [2.24, 2.45) is 0 Å². The zero-order valence-electron chi connectivity index (χ0n) is 15.1. The first-order valence-electron chi connectivity index (χ1n) is 8.87. The van der Waals surface area contributed by atoms with Crippen molar-refractivity contribution in [3.63, 3.8) is 0 Å². The van der Waals surface area contributed by atoms with Gasteiger partial charge in [0.1, 0.15) is 12.4 Å². The molecule has 0 aliphatic heterocycles. The SMILES string of the molecule is CCc1nc2ccccc2n1CC(=O)NNC(=O)CCSc1ccccc1. The number of benzene rings is 2. The maximum absolute atomic E-state index is 12.2. The highest BCUT2D eigenvalue weighted by Crippen LogP contribution is 2.18. The van der Waals surface area contributed by atoms with Crippen molar-refractivity contribution in [2.75, 3.05) is 5.75 Å². The molecule has 0 fully saturated rings. The second-order valence-corrected chi connectivity index (χ2v) is 7.13. The molecule has 2 aromatic carbocycles. The number of fused-ring (bicyclic) bond motifs is 1. The molecule has 140 valence electrons. The van der Waals surface area contributed by atoms with E-state index in [0.717, 1.165) is 28.2 Å². The third-order valence-corrected chi connectivity index (χ3v) is 5.05. The van der Waals surface area contributed by atoms with E-state index in [1.807, 2.05) is 66.1 Å². The van der Waals surface area contributed by atoms with Crippen molar-refractivity contribution in [3.8, 4) is 0 Å². The number of para-hydroxylation sites is 2. The van der Waals surface area contributed by atoms with Crippen LogP contribution in [-0.2, 0) is 22.6 Å². The molecule has 1 heterocycles. The number of carbonyl (C=O) groups excluding carboxylic acids is 2. The number of aromatic nitrogens is 2. The Bertz CT molecular complexity index is 924. The lowest BCUT2D eigenvalue weighted by atomic mass is 10.3. The van der Waals surface area contributed by atoms with Crippen molar-refractivity contribution in [3.05, 3.63) is 60.4 Å². The third kappa shape index (κ3) is 5.10. The van der Waals surface area contributed by atoms with Gasteiger partial charge in [-0.2, -0.15) is 0 Å². The lowest BCUT2D eigenvalue weighted by Crippen LogP contribution is -2.43. The van der Waals surface area contributed by atoms with Gasteiger partial charge in [0.05, 0.1) is 11.0 Å². The summed E-state index contributed by atoms with van der Waals surface area (Å²) in [6.07, 6.45) is 1.05. The van der Waals surface area contributed by atoms with E-state index in [9.17, 15) is 9.59 Å². The number of carbonyl (C=O) groups is 2. The van der Waals surface area contributed by atoms with Crippen LogP contribution in [0.2, 0.25) is 0 Å². The Morgan fingerprint density at radius 2 is 1.70 bits per heavy atom. The Morgan fingerprint density at radius 1 is 1.00 bits per heavy atom. The fourth-order valence-corrected chi connectivity index (χ4v) is 3.61. The zero-order chi connectivity index (χ0) is 19.1. The van der Waals surface area contributed by atoms with Gasteiger partial charge < -0.3 is 4.57 Å². The first-order chi connectivity index (χ1) is 13.2. The van der Waals surface area contributed by atoms with Crippen LogP contribution in [0.25, 0.3) is 11.0 Å². The van der Waals surface area contributed by atoms with E-state index in [0.29, 0.717) is 12.2 Å². The van der Waals surface area contributed by atoms with E-state index < -0.39 is 0 Å². The summed E-state index contributed by atoms with van der Waals surface area (Å²) < 4.78 is 1.88. The zero-order valence-corrected chi connectivity index (χ0v) is 16.0. The Kier molecular flexibility index (Phi) is 6.49. The van der Waals surface area contributed by atoms with Crippen LogP contribution in [0.4, 0.5) is 0 Å². The fraction of sp³-hybridized carbons (Fsp3) is 0.250. The van der Waals surface area contributed by atoms with Gasteiger partial charge in [-0.15, -0.1) is 11.8 Å². The number of imidazole rings is 1. The summed E-state index contributed by atoms with van der Waals surface area (Å²) in [4.78, 5) is 29.8. The lowest BCUT2D eigenvalue weighted by molar-refractivity contribution is -0.129. The quantitative estimate of drug-likeness (QED) is 0.487. The number of rotatable bonds is 7. The van der Waals surface area contributed by atoms with Crippen LogP contribution in [0.3, 0.4) is 0 Å². The van der Waals surface area contributed by atoms with Crippen molar-refractivity contribution in [1.82, 2.24) is 20.4 Å². The molecule has 0 aliphatic rings. The number of hydrogen-bond donors (Lipinski definition) is 2. The van der Waals surface area contributed by atoms with Gasteiger partial charge in [-0.25, -0.2) is 4.98 Å². The molecule has 3 rings (SSSR count). The molecule has 0 saturated heterocycles. The van der Waals surface area contributed by atoms with Crippen LogP contribution in [-0.4, -0.2) is 27.1 Å². The molecule has 0 aliphatic carbocycles. The third-order valence-electron chi connectivity index (χ3n) is 4.03. The van der Waals surface area contributed by atoms with Gasteiger partial charge >= 0.3 is 0 Å². The Morgan fingerprint density at radius 3 is 2.48 bits per heavy atom. The van der Waals surface area contributed by atoms with E-state index in [1.165, 1.54) is 0 Å². The minimum absolute atomic E-state index is 0.114. The summed E-state index contributed by atoms with van der Waals surface area (Å²) in [5.41, 5.74) is 6.75. The number of hydrogen-bond acceptors (Lipinski definition) is 4. The van der Waals surface area contributed by atoms with Crippen molar-refractivity contribution in [2.45, 2.75) is 31.2 Å². The summed E-state index contributed by atoms with van der Waals surface area (Å²) in [5.74, 6) is 1.00. The highest BCUT2D eigenvalue weighted by atomic mass is 32.2. The molecule has 0 saturated carbocycles. The van der Waals surface area contributed by atoms with Crippen LogP contribution < -0.4 is 10.9 Å². The first-order valence-corrected chi connectivity index (χ1v) is 9.85. The van der Waals surface area contributed by atoms with Crippen LogP contribution in [0.1, 0.15) is 19.2 Å². The lowest BCUT2D eigenvalue weighted by Gasteiger charge is -2.10. The molecule has 7 heteroatoms.